The maximum Gasteiger partial charge on any atom is 0.409 e. The molecule has 3 heterocycles. The standard InChI is InChI=1S/C17H16N4O2S/c1-23-17(22)21-8-12(9-21)20-15-13-7-14(11-5-3-2-4-6-11)24-16(13)19-10-18-15/h2-7,10,12H,8-9H2,1H3,(H,18,19,20). The third-order valence-electron chi connectivity index (χ3n) is 4.04. The Balaban J connectivity index is 1.56. The smallest absolute Gasteiger partial charge is 0.409 e. The van der Waals surface area contributed by atoms with Crippen LogP contribution in [0.5, 0.6) is 0 Å². The summed E-state index contributed by atoms with van der Waals surface area (Å²) in [6, 6.07) is 12.5. The van der Waals surface area contributed by atoms with Gasteiger partial charge in [-0.25, -0.2) is 14.8 Å². The fourth-order valence-electron chi connectivity index (χ4n) is 2.76. The van der Waals surface area contributed by atoms with Crippen molar-refractivity contribution in [2.45, 2.75) is 6.04 Å². The second kappa shape index (κ2) is 6.09. The molecule has 1 aliphatic rings. The average molecular weight is 340 g/mol. The molecule has 2 aromatic heterocycles. The summed E-state index contributed by atoms with van der Waals surface area (Å²) in [6.45, 7) is 1.24. The number of benzene rings is 1. The maximum absolute atomic E-state index is 11.4. The highest BCUT2D eigenvalue weighted by atomic mass is 32.1. The van der Waals surface area contributed by atoms with Crippen molar-refractivity contribution >= 4 is 33.5 Å². The molecular weight excluding hydrogens is 324 g/mol. The molecule has 1 fully saturated rings. The largest absolute Gasteiger partial charge is 0.453 e. The van der Waals surface area contributed by atoms with Crippen LogP contribution in [0.3, 0.4) is 0 Å². The Labute approximate surface area is 143 Å². The summed E-state index contributed by atoms with van der Waals surface area (Å²) >= 11 is 1.65. The lowest BCUT2D eigenvalue weighted by molar-refractivity contribution is 0.0930. The number of nitrogens with zero attached hydrogens (tertiary/aromatic N) is 3. The summed E-state index contributed by atoms with van der Waals surface area (Å²) in [5.41, 5.74) is 1.17. The third-order valence-corrected chi connectivity index (χ3v) is 5.14. The van der Waals surface area contributed by atoms with Crippen LogP contribution >= 0.6 is 11.3 Å². The first-order chi connectivity index (χ1) is 11.7. The van der Waals surface area contributed by atoms with E-state index in [1.807, 2.05) is 18.2 Å². The SMILES string of the molecule is COC(=O)N1CC(Nc2ncnc3sc(-c4ccccc4)cc23)C1. The Bertz CT molecular complexity index is 875. The van der Waals surface area contributed by atoms with Crippen LogP contribution in [-0.2, 0) is 4.74 Å². The van der Waals surface area contributed by atoms with Gasteiger partial charge in [-0.3, -0.25) is 0 Å². The van der Waals surface area contributed by atoms with Gasteiger partial charge in [-0.15, -0.1) is 11.3 Å². The zero-order valence-electron chi connectivity index (χ0n) is 13.1. The number of ether oxygens (including phenoxy) is 1. The lowest BCUT2D eigenvalue weighted by atomic mass is 10.1. The van der Waals surface area contributed by atoms with Gasteiger partial charge in [-0.2, -0.15) is 0 Å². The molecule has 1 N–H and O–H groups in total. The summed E-state index contributed by atoms with van der Waals surface area (Å²) in [5, 5.41) is 4.41. The molecule has 1 saturated heterocycles. The molecule has 7 heteroatoms. The number of thiophene rings is 1. The molecule has 122 valence electrons. The Hall–Kier alpha value is -2.67. The van der Waals surface area contributed by atoms with Crippen LogP contribution in [0.15, 0.2) is 42.7 Å². The van der Waals surface area contributed by atoms with Gasteiger partial charge in [0.2, 0.25) is 0 Å². The second-order valence-electron chi connectivity index (χ2n) is 5.63. The molecule has 0 aliphatic carbocycles. The number of carbonyl (C=O) groups excluding carboxylic acids is 1. The van der Waals surface area contributed by atoms with Gasteiger partial charge < -0.3 is 15.0 Å². The first kappa shape index (κ1) is 14.9. The van der Waals surface area contributed by atoms with Crippen LogP contribution in [-0.4, -0.2) is 47.2 Å². The van der Waals surface area contributed by atoms with Crippen LogP contribution in [0.25, 0.3) is 20.7 Å². The topological polar surface area (TPSA) is 67.3 Å². The number of nitrogens with one attached hydrogen (secondary N) is 1. The van der Waals surface area contributed by atoms with Gasteiger partial charge in [-0.05, 0) is 11.6 Å². The molecule has 0 bridgehead atoms. The van der Waals surface area contributed by atoms with Crippen molar-refractivity contribution in [3.8, 4) is 10.4 Å². The van der Waals surface area contributed by atoms with Gasteiger partial charge in [0, 0.05) is 18.0 Å². The van der Waals surface area contributed by atoms with E-state index >= 15 is 0 Å². The van der Waals surface area contributed by atoms with Crippen LogP contribution in [0.4, 0.5) is 10.6 Å². The van der Waals surface area contributed by atoms with Crippen molar-refractivity contribution in [3.63, 3.8) is 0 Å². The lowest BCUT2D eigenvalue weighted by Gasteiger charge is -2.38. The molecule has 6 nitrogen and oxygen atoms in total. The quantitative estimate of drug-likeness (QED) is 0.793. The van der Waals surface area contributed by atoms with Crippen molar-refractivity contribution in [2.75, 3.05) is 25.5 Å². The van der Waals surface area contributed by atoms with E-state index in [1.54, 1.807) is 22.6 Å². The Morgan fingerprint density at radius 1 is 1.29 bits per heavy atom. The van der Waals surface area contributed by atoms with Crippen LogP contribution in [0.2, 0.25) is 0 Å². The lowest BCUT2D eigenvalue weighted by Crippen LogP contribution is -2.57. The number of methoxy groups -OCH3 is 1. The molecular formula is C17H16N4O2S. The molecule has 1 aliphatic heterocycles. The number of rotatable bonds is 3. The fourth-order valence-corrected chi connectivity index (χ4v) is 3.76. The molecule has 4 rings (SSSR count). The summed E-state index contributed by atoms with van der Waals surface area (Å²) in [6.07, 6.45) is 1.29. The van der Waals surface area contributed by atoms with E-state index < -0.39 is 0 Å². The number of carbonyl (C=O) groups is 1. The Morgan fingerprint density at radius 3 is 2.83 bits per heavy atom. The minimum atomic E-state index is -0.289. The van der Waals surface area contributed by atoms with Crippen LogP contribution in [0.1, 0.15) is 0 Å². The van der Waals surface area contributed by atoms with Gasteiger partial charge in [0.15, 0.2) is 0 Å². The molecule has 3 aromatic rings. The van der Waals surface area contributed by atoms with Gasteiger partial charge in [0.25, 0.3) is 0 Å². The highest BCUT2D eigenvalue weighted by Gasteiger charge is 2.31. The molecule has 1 amide bonds. The number of aromatic nitrogens is 2. The highest BCUT2D eigenvalue weighted by Crippen LogP contribution is 2.35. The molecule has 24 heavy (non-hydrogen) atoms. The highest BCUT2D eigenvalue weighted by molar-refractivity contribution is 7.21. The van der Waals surface area contributed by atoms with E-state index in [-0.39, 0.29) is 12.1 Å². The molecule has 0 spiro atoms. The van der Waals surface area contributed by atoms with Crippen LogP contribution in [0, 0.1) is 0 Å². The number of likely N-dealkylation sites (tertiary alicyclic amines) is 1. The number of hydrogen-bond donors (Lipinski definition) is 1. The van der Waals surface area contributed by atoms with E-state index in [1.165, 1.54) is 17.6 Å². The zero-order valence-corrected chi connectivity index (χ0v) is 13.9. The Morgan fingerprint density at radius 2 is 2.08 bits per heavy atom. The molecule has 0 saturated carbocycles. The first-order valence-corrected chi connectivity index (χ1v) is 8.45. The normalized spacial score (nSPS) is 14.5. The van der Waals surface area contributed by atoms with Gasteiger partial charge in [0.1, 0.15) is 17.0 Å². The van der Waals surface area contributed by atoms with Gasteiger partial charge >= 0.3 is 6.09 Å². The number of amides is 1. The summed E-state index contributed by atoms with van der Waals surface area (Å²) in [5.74, 6) is 0.813. The van der Waals surface area contributed by atoms with E-state index in [2.05, 4.69) is 33.5 Å². The summed E-state index contributed by atoms with van der Waals surface area (Å²) in [7, 11) is 1.40. The van der Waals surface area contributed by atoms with E-state index in [4.69, 9.17) is 4.74 Å². The van der Waals surface area contributed by atoms with E-state index in [0.717, 1.165) is 16.0 Å². The second-order valence-corrected chi connectivity index (χ2v) is 6.66. The first-order valence-electron chi connectivity index (χ1n) is 7.64. The van der Waals surface area contributed by atoms with Crippen molar-refractivity contribution in [2.24, 2.45) is 0 Å². The average Bonchev–Trinajstić information content (AvgIpc) is 3.03. The molecule has 0 radical (unpaired) electrons. The predicted octanol–water partition coefficient (Wildman–Crippen LogP) is 3.22. The maximum atomic E-state index is 11.4. The van der Waals surface area contributed by atoms with Gasteiger partial charge in [0.05, 0.1) is 18.5 Å². The fraction of sp³-hybridized carbons (Fsp3) is 0.235. The number of hydrogen-bond acceptors (Lipinski definition) is 6. The number of fused-ring (bicyclic) bond motifs is 1. The minimum absolute atomic E-state index is 0.183. The van der Waals surface area contributed by atoms with E-state index in [0.29, 0.717) is 13.1 Å². The van der Waals surface area contributed by atoms with E-state index in [9.17, 15) is 4.79 Å². The van der Waals surface area contributed by atoms with Crippen molar-refractivity contribution in [1.82, 2.24) is 14.9 Å². The third kappa shape index (κ3) is 2.67. The van der Waals surface area contributed by atoms with Crippen molar-refractivity contribution in [3.05, 3.63) is 42.7 Å². The molecule has 0 atom stereocenters. The zero-order chi connectivity index (χ0) is 16.5. The summed E-state index contributed by atoms with van der Waals surface area (Å²) in [4.78, 5) is 23.9. The number of anilines is 1. The minimum Gasteiger partial charge on any atom is -0.453 e. The van der Waals surface area contributed by atoms with Crippen molar-refractivity contribution < 1.29 is 9.53 Å². The monoisotopic (exact) mass is 340 g/mol. The summed E-state index contributed by atoms with van der Waals surface area (Å²) < 4.78 is 4.71. The van der Waals surface area contributed by atoms with Gasteiger partial charge in [-0.1, -0.05) is 30.3 Å². The van der Waals surface area contributed by atoms with Crippen molar-refractivity contribution in [1.29, 1.82) is 0 Å². The van der Waals surface area contributed by atoms with Crippen LogP contribution < -0.4 is 5.32 Å². The molecule has 0 unspecified atom stereocenters. The Kier molecular flexibility index (Phi) is 3.78. The molecule has 1 aromatic carbocycles. The predicted molar refractivity (Wildman–Crippen MR) is 94.2 cm³/mol.